The van der Waals surface area contributed by atoms with Crippen LogP contribution in [0.4, 0.5) is 0 Å². The highest BCUT2D eigenvalue weighted by Crippen LogP contribution is 2.32. The summed E-state index contributed by atoms with van der Waals surface area (Å²) in [4.78, 5) is 0. The van der Waals surface area contributed by atoms with Crippen molar-refractivity contribution in [1.29, 1.82) is 0 Å². The van der Waals surface area contributed by atoms with E-state index >= 15 is 0 Å². The molecule has 0 atom stereocenters. The van der Waals surface area contributed by atoms with Crippen LogP contribution in [0.15, 0.2) is 78.9 Å². The molecule has 164 valence electrons. The normalized spacial score (nSPS) is 10.9. The predicted molar refractivity (Wildman–Crippen MR) is 135 cm³/mol. The van der Waals surface area contributed by atoms with Crippen molar-refractivity contribution in [2.75, 3.05) is 6.61 Å². The van der Waals surface area contributed by atoms with E-state index in [1.54, 1.807) is 0 Å². The summed E-state index contributed by atoms with van der Waals surface area (Å²) in [5.74, 6) is 0.969. The van der Waals surface area contributed by atoms with Gasteiger partial charge in [-0.3, -0.25) is 0 Å². The van der Waals surface area contributed by atoms with Crippen LogP contribution < -0.4 is 4.74 Å². The number of ether oxygens (including phenoxy) is 1. The van der Waals surface area contributed by atoms with Crippen molar-refractivity contribution in [1.82, 2.24) is 0 Å². The van der Waals surface area contributed by atoms with Gasteiger partial charge in [-0.1, -0.05) is 131 Å². The van der Waals surface area contributed by atoms with Gasteiger partial charge in [0.05, 0.1) is 6.61 Å². The molecule has 3 rings (SSSR count). The van der Waals surface area contributed by atoms with Crippen LogP contribution in [0.3, 0.4) is 0 Å². The van der Waals surface area contributed by atoms with Gasteiger partial charge in [0.25, 0.3) is 0 Å². The van der Waals surface area contributed by atoms with Gasteiger partial charge in [0, 0.05) is 0 Å². The molecule has 0 amide bonds. The molecule has 0 N–H and O–H groups in total. The Hall–Kier alpha value is -2.54. The summed E-state index contributed by atoms with van der Waals surface area (Å²) in [6.45, 7) is 3.10. The monoisotopic (exact) mass is 414 g/mol. The fourth-order valence-electron chi connectivity index (χ4n) is 4.11. The number of benzene rings is 3. The van der Waals surface area contributed by atoms with Gasteiger partial charge >= 0.3 is 0 Å². The van der Waals surface area contributed by atoms with Crippen LogP contribution in [-0.4, -0.2) is 6.61 Å². The van der Waals surface area contributed by atoms with Gasteiger partial charge in [0.2, 0.25) is 0 Å². The fraction of sp³-hybridized carbons (Fsp3) is 0.400. The topological polar surface area (TPSA) is 9.23 Å². The molecule has 0 saturated heterocycles. The second kappa shape index (κ2) is 13.7. The Morgan fingerprint density at radius 3 is 1.55 bits per heavy atom. The van der Waals surface area contributed by atoms with E-state index in [1.807, 2.05) is 0 Å². The first-order valence-electron chi connectivity index (χ1n) is 12.3. The zero-order chi connectivity index (χ0) is 21.6. The van der Waals surface area contributed by atoms with E-state index in [-0.39, 0.29) is 0 Å². The van der Waals surface area contributed by atoms with Gasteiger partial charge in [-0.2, -0.15) is 0 Å². The molecule has 0 spiro atoms. The van der Waals surface area contributed by atoms with Crippen molar-refractivity contribution in [3.8, 4) is 28.0 Å². The minimum absolute atomic E-state index is 0.816. The molecule has 3 aromatic rings. The lowest BCUT2D eigenvalue weighted by molar-refractivity contribution is 0.304. The largest absolute Gasteiger partial charge is 0.494 e. The van der Waals surface area contributed by atoms with E-state index in [9.17, 15) is 0 Å². The first kappa shape index (κ1) is 23.1. The van der Waals surface area contributed by atoms with Gasteiger partial charge in [0.15, 0.2) is 0 Å². The highest BCUT2D eigenvalue weighted by molar-refractivity contribution is 5.83. The van der Waals surface area contributed by atoms with E-state index < -0.39 is 0 Å². The molecule has 0 aromatic heterocycles. The first-order chi connectivity index (χ1) is 15.4. The molecule has 0 radical (unpaired) electrons. The molecule has 0 heterocycles. The van der Waals surface area contributed by atoms with Gasteiger partial charge < -0.3 is 4.74 Å². The Morgan fingerprint density at radius 1 is 0.484 bits per heavy atom. The summed E-state index contributed by atoms with van der Waals surface area (Å²) >= 11 is 0. The summed E-state index contributed by atoms with van der Waals surface area (Å²) in [6, 6.07) is 27.8. The summed E-state index contributed by atoms with van der Waals surface area (Å²) in [7, 11) is 0. The van der Waals surface area contributed by atoms with E-state index in [1.165, 1.54) is 80.0 Å². The zero-order valence-corrected chi connectivity index (χ0v) is 19.2. The van der Waals surface area contributed by atoms with E-state index in [4.69, 9.17) is 4.74 Å². The Morgan fingerprint density at radius 2 is 0.968 bits per heavy atom. The van der Waals surface area contributed by atoms with E-state index in [0.717, 1.165) is 18.8 Å². The summed E-state index contributed by atoms with van der Waals surface area (Å²) in [5, 5.41) is 0. The van der Waals surface area contributed by atoms with Crippen LogP contribution in [0.25, 0.3) is 22.3 Å². The number of hydrogen-bond donors (Lipinski definition) is 0. The molecule has 1 heteroatoms. The van der Waals surface area contributed by atoms with Crippen molar-refractivity contribution in [2.24, 2.45) is 0 Å². The van der Waals surface area contributed by atoms with Crippen LogP contribution in [0.1, 0.15) is 71.1 Å². The van der Waals surface area contributed by atoms with Crippen LogP contribution in [0.5, 0.6) is 5.75 Å². The molecule has 31 heavy (non-hydrogen) atoms. The standard InChI is InChI=1S/C30H38O/c1-2-3-4-5-6-7-8-9-10-16-25-31-28-23-21-27(22-24-28)30-20-15-14-19-29(30)26-17-12-11-13-18-26/h11-15,17-24H,2-10,16,25H2,1H3. The summed E-state index contributed by atoms with van der Waals surface area (Å²) in [5.41, 5.74) is 5.00. The third-order valence-electron chi connectivity index (χ3n) is 5.94. The minimum Gasteiger partial charge on any atom is -0.494 e. The lowest BCUT2D eigenvalue weighted by Gasteiger charge is -2.11. The lowest BCUT2D eigenvalue weighted by atomic mass is 9.95. The third kappa shape index (κ3) is 7.90. The Bertz CT molecular complexity index is 851. The van der Waals surface area contributed by atoms with Crippen molar-refractivity contribution >= 4 is 0 Å². The molecule has 0 aliphatic rings. The van der Waals surface area contributed by atoms with E-state index in [0.29, 0.717) is 0 Å². The van der Waals surface area contributed by atoms with Crippen molar-refractivity contribution in [3.63, 3.8) is 0 Å². The van der Waals surface area contributed by atoms with Crippen LogP contribution in [-0.2, 0) is 0 Å². The maximum Gasteiger partial charge on any atom is 0.119 e. The third-order valence-corrected chi connectivity index (χ3v) is 5.94. The van der Waals surface area contributed by atoms with Crippen molar-refractivity contribution in [3.05, 3.63) is 78.9 Å². The average Bonchev–Trinajstić information content (AvgIpc) is 2.83. The average molecular weight is 415 g/mol. The molecular weight excluding hydrogens is 376 g/mol. The second-order valence-electron chi connectivity index (χ2n) is 8.47. The molecule has 0 unspecified atom stereocenters. The van der Waals surface area contributed by atoms with Gasteiger partial charge in [0.1, 0.15) is 5.75 Å². The predicted octanol–water partition coefficient (Wildman–Crippen LogP) is 9.32. The summed E-state index contributed by atoms with van der Waals surface area (Å²) < 4.78 is 5.98. The number of unbranched alkanes of at least 4 members (excludes halogenated alkanes) is 9. The smallest absolute Gasteiger partial charge is 0.119 e. The SMILES string of the molecule is CCCCCCCCCCCCOc1ccc(-c2ccccc2-c2ccccc2)cc1. The second-order valence-corrected chi connectivity index (χ2v) is 8.47. The molecule has 0 aliphatic carbocycles. The Labute approximate surface area is 189 Å². The molecule has 0 aliphatic heterocycles. The molecule has 3 aromatic carbocycles. The highest BCUT2D eigenvalue weighted by Gasteiger charge is 2.07. The maximum absolute atomic E-state index is 5.98. The van der Waals surface area contributed by atoms with Crippen molar-refractivity contribution < 1.29 is 4.74 Å². The molecule has 1 nitrogen and oxygen atoms in total. The maximum atomic E-state index is 5.98. The number of hydrogen-bond acceptors (Lipinski definition) is 1. The Balaban J connectivity index is 1.40. The molecule has 0 saturated carbocycles. The first-order valence-corrected chi connectivity index (χ1v) is 12.3. The number of rotatable bonds is 14. The Kier molecular flexibility index (Phi) is 10.2. The van der Waals surface area contributed by atoms with Crippen LogP contribution in [0.2, 0.25) is 0 Å². The molecule has 0 bridgehead atoms. The van der Waals surface area contributed by atoms with Crippen molar-refractivity contribution in [2.45, 2.75) is 71.1 Å². The highest BCUT2D eigenvalue weighted by atomic mass is 16.5. The van der Waals surface area contributed by atoms with Gasteiger partial charge in [-0.05, 0) is 40.8 Å². The summed E-state index contributed by atoms with van der Waals surface area (Å²) in [6.07, 6.45) is 13.5. The molecular formula is C30H38O. The lowest BCUT2D eigenvalue weighted by Crippen LogP contribution is -1.97. The van der Waals surface area contributed by atoms with Crippen LogP contribution in [0, 0.1) is 0 Å². The van der Waals surface area contributed by atoms with Gasteiger partial charge in [-0.25, -0.2) is 0 Å². The quantitative estimate of drug-likeness (QED) is 0.239. The minimum atomic E-state index is 0.816. The molecule has 0 fully saturated rings. The fourth-order valence-corrected chi connectivity index (χ4v) is 4.11. The zero-order valence-electron chi connectivity index (χ0n) is 19.2. The van der Waals surface area contributed by atoms with Gasteiger partial charge in [-0.15, -0.1) is 0 Å². The van der Waals surface area contributed by atoms with E-state index in [2.05, 4.69) is 85.8 Å². The van der Waals surface area contributed by atoms with Crippen LogP contribution >= 0.6 is 0 Å².